The second-order valence-corrected chi connectivity index (χ2v) is 4.86. The van der Waals surface area contributed by atoms with E-state index in [1.807, 2.05) is 13.0 Å². The molecule has 0 aliphatic rings. The van der Waals surface area contributed by atoms with Gasteiger partial charge in [0.25, 0.3) is 0 Å². The normalized spacial score (nSPS) is 10.2. The number of hydrogen-bond donors (Lipinski definition) is 0. The third-order valence-corrected chi connectivity index (χ3v) is 3.24. The summed E-state index contributed by atoms with van der Waals surface area (Å²) >= 11 is 3.10. The van der Waals surface area contributed by atoms with Gasteiger partial charge in [-0.25, -0.2) is 0 Å². The SMILES string of the molecule is Cc1cc(C#N)ccc1Cn1cc(Br)c([N+](=O)[O-])n1. The van der Waals surface area contributed by atoms with Crippen LogP contribution in [0.1, 0.15) is 16.7 Å². The van der Waals surface area contributed by atoms with Crippen LogP contribution in [0.25, 0.3) is 0 Å². The van der Waals surface area contributed by atoms with Gasteiger partial charge >= 0.3 is 5.82 Å². The molecule has 1 aromatic heterocycles. The molecule has 0 bridgehead atoms. The van der Waals surface area contributed by atoms with Crippen LogP contribution < -0.4 is 0 Å². The molecule has 0 saturated heterocycles. The van der Waals surface area contributed by atoms with Crippen LogP contribution in [0.2, 0.25) is 0 Å². The zero-order valence-corrected chi connectivity index (χ0v) is 11.6. The molecule has 1 heterocycles. The molecule has 96 valence electrons. The number of hydrogen-bond acceptors (Lipinski definition) is 4. The number of rotatable bonds is 3. The van der Waals surface area contributed by atoms with E-state index in [0.29, 0.717) is 16.6 Å². The van der Waals surface area contributed by atoms with Gasteiger partial charge in [0.15, 0.2) is 0 Å². The van der Waals surface area contributed by atoms with Crippen molar-refractivity contribution in [3.63, 3.8) is 0 Å². The third kappa shape index (κ3) is 2.80. The van der Waals surface area contributed by atoms with E-state index < -0.39 is 4.92 Å². The van der Waals surface area contributed by atoms with Crippen LogP contribution in [-0.2, 0) is 6.54 Å². The average molecular weight is 321 g/mol. The minimum absolute atomic E-state index is 0.203. The smallest absolute Gasteiger partial charge is 0.358 e. The first-order valence-electron chi connectivity index (χ1n) is 5.38. The largest absolute Gasteiger partial charge is 0.404 e. The monoisotopic (exact) mass is 320 g/mol. The molecule has 1 aromatic carbocycles. The van der Waals surface area contributed by atoms with Crippen molar-refractivity contribution in [2.75, 3.05) is 0 Å². The van der Waals surface area contributed by atoms with Crippen LogP contribution in [0.3, 0.4) is 0 Å². The van der Waals surface area contributed by atoms with E-state index in [2.05, 4.69) is 27.1 Å². The average Bonchev–Trinajstić information content (AvgIpc) is 2.73. The van der Waals surface area contributed by atoms with Gasteiger partial charge < -0.3 is 10.1 Å². The Morgan fingerprint density at radius 3 is 2.84 bits per heavy atom. The fourth-order valence-electron chi connectivity index (χ4n) is 1.71. The van der Waals surface area contributed by atoms with Crippen molar-refractivity contribution in [2.24, 2.45) is 0 Å². The van der Waals surface area contributed by atoms with Crippen molar-refractivity contribution in [3.05, 3.63) is 55.7 Å². The number of benzene rings is 1. The minimum atomic E-state index is -0.535. The second kappa shape index (κ2) is 5.20. The molecule has 0 aliphatic heterocycles. The minimum Gasteiger partial charge on any atom is -0.358 e. The lowest BCUT2D eigenvalue weighted by molar-refractivity contribution is -0.390. The van der Waals surface area contributed by atoms with E-state index in [4.69, 9.17) is 5.26 Å². The molecule has 0 aliphatic carbocycles. The number of nitrogens with zero attached hydrogens (tertiary/aromatic N) is 4. The predicted molar refractivity (Wildman–Crippen MR) is 71.6 cm³/mol. The maximum absolute atomic E-state index is 10.7. The Hall–Kier alpha value is -2.20. The fourth-order valence-corrected chi connectivity index (χ4v) is 2.17. The number of aryl methyl sites for hydroxylation is 1. The lowest BCUT2D eigenvalue weighted by Gasteiger charge is -2.03. The van der Waals surface area contributed by atoms with Gasteiger partial charge in [0.05, 0.1) is 29.5 Å². The van der Waals surface area contributed by atoms with Gasteiger partial charge in [0.1, 0.15) is 4.47 Å². The number of nitro groups is 1. The molecule has 7 heteroatoms. The highest BCUT2D eigenvalue weighted by Gasteiger charge is 2.18. The van der Waals surface area contributed by atoms with E-state index in [1.165, 1.54) is 4.68 Å². The summed E-state index contributed by atoms with van der Waals surface area (Å²) < 4.78 is 1.85. The number of aromatic nitrogens is 2. The van der Waals surface area contributed by atoms with Crippen LogP contribution in [0.15, 0.2) is 28.9 Å². The highest BCUT2D eigenvalue weighted by molar-refractivity contribution is 9.10. The Morgan fingerprint density at radius 2 is 2.32 bits per heavy atom. The molecule has 0 radical (unpaired) electrons. The molecule has 0 unspecified atom stereocenters. The maximum atomic E-state index is 10.7. The summed E-state index contributed by atoms with van der Waals surface area (Å²) in [6, 6.07) is 7.39. The van der Waals surface area contributed by atoms with Gasteiger partial charge in [-0.05, 0) is 51.0 Å². The Balaban J connectivity index is 2.29. The summed E-state index contributed by atoms with van der Waals surface area (Å²) in [6.07, 6.45) is 1.57. The first-order valence-corrected chi connectivity index (χ1v) is 6.17. The molecule has 0 atom stereocenters. The standard InChI is InChI=1S/C12H9BrN4O2/c1-8-4-9(5-14)2-3-10(8)6-16-7-11(13)12(15-16)17(18)19/h2-4,7H,6H2,1H3. The van der Waals surface area contributed by atoms with Gasteiger partial charge in [0.2, 0.25) is 0 Å². The first kappa shape index (κ1) is 13.2. The molecule has 0 saturated carbocycles. The van der Waals surface area contributed by atoms with Crippen LogP contribution in [0.4, 0.5) is 5.82 Å². The van der Waals surface area contributed by atoms with Crippen molar-refractivity contribution < 1.29 is 4.92 Å². The molecule has 6 nitrogen and oxygen atoms in total. The summed E-state index contributed by atoms with van der Waals surface area (Å²) in [6.45, 7) is 2.31. The Morgan fingerprint density at radius 1 is 1.58 bits per heavy atom. The highest BCUT2D eigenvalue weighted by Crippen LogP contribution is 2.23. The second-order valence-electron chi connectivity index (χ2n) is 4.01. The van der Waals surface area contributed by atoms with Gasteiger partial charge in [-0.1, -0.05) is 6.07 Å². The summed E-state index contributed by atoms with van der Waals surface area (Å²) in [7, 11) is 0. The highest BCUT2D eigenvalue weighted by atomic mass is 79.9. The van der Waals surface area contributed by atoms with Crippen LogP contribution in [-0.4, -0.2) is 14.7 Å². The molecular weight excluding hydrogens is 312 g/mol. The quantitative estimate of drug-likeness (QED) is 0.642. The molecule has 0 N–H and O–H groups in total. The van der Waals surface area contributed by atoms with Crippen molar-refractivity contribution in [3.8, 4) is 6.07 Å². The van der Waals surface area contributed by atoms with Crippen molar-refractivity contribution in [1.82, 2.24) is 9.78 Å². The van der Waals surface area contributed by atoms with Gasteiger partial charge in [-0.2, -0.15) is 9.94 Å². The van der Waals surface area contributed by atoms with E-state index in [1.54, 1.807) is 18.3 Å². The van der Waals surface area contributed by atoms with Crippen molar-refractivity contribution in [2.45, 2.75) is 13.5 Å². The van der Waals surface area contributed by atoms with E-state index in [-0.39, 0.29) is 5.82 Å². The Kier molecular flexibility index (Phi) is 3.62. The number of halogens is 1. The molecule has 2 rings (SSSR count). The van der Waals surface area contributed by atoms with E-state index >= 15 is 0 Å². The summed E-state index contributed by atoms with van der Waals surface area (Å²) in [5.74, 6) is -0.203. The molecule has 0 fully saturated rings. The van der Waals surface area contributed by atoms with Gasteiger partial charge in [-0.15, -0.1) is 0 Å². The maximum Gasteiger partial charge on any atom is 0.404 e. The predicted octanol–water partition coefficient (Wildman–Crippen LogP) is 2.78. The van der Waals surface area contributed by atoms with Crippen LogP contribution >= 0.6 is 15.9 Å². The Bertz CT molecular complexity index is 688. The number of nitriles is 1. The lowest BCUT2D eigenvalue weighted by Crippen LogP contribution is -2.03. The van der Waals surface area contributed by atoms with Gasteiger partial charge in [-0.3, -0.25) is 0 Å². The van der Waals surface area contributed by atoms with Crippen LogP contribution in [0, 0.1) is 28.4 Å². The van der Waals surface area contributed by atoms with E-state index in [9.17, 15) is 10.1 Å². The first-order chi connectivity index (χ1) is 9.01. The van der Waals surface area contributed by atoms with Crippen LogP contribution in [0.5, 0.6) is 0 Å². The zero-order chi connectivity index (χ0) is 14.0. The fraction of sp³-hybridized carbons (Fsp3) is 0.167. The molecule has 2 aromatic rings. The summed E-state index contributed by atoms with van der Waals surface area (Å²) in [5.41, 5.74) is 2.51. The topological polar surface area (TPSA) is 84.8 Å². The molecule has 19 heavy (non-hydrogen) atoms. The lowest BCUT2D eigenvalue weighted by atomic mass is 10.1. The Labute approximate surface area is 117 Å². The molecule has 0 spiro atoms. The molecule has 0 amide bonds. The van der Waals surface area contributed by atoms with Crippen molar-refractivity contribution >= 4 is 21.7 Å². The van der Waals surface area contributed by atoms with E-state index in [0.717, 1.165) is 11.1 Å². The molecular formula is C12H9BrN4O2. The third-order valence-electron chi connectivity index (χ3n) is 2.68. The summed E-state index contributed by atoms with van der Waals surface area (Å²) in [5, 5.41) is 23.4. The summed E-state index contributed by atoms with van der Waals surface area (Å²) in [4.78, 5) is 10.2. The zero-order valence-electron chi connectivity index (χ0n) is 10.00. The van der Waals surface area contributed by atoms with Gasteiger partial charge in [0, 0.05) is 0 Å². The van der Waals surface area contributed by atoms with Crippen molar-refractivity contribution in [1.29, 1.82) is 5.26 Å².